The first-order valence-electron chi connectivity index (χ1n) is 9.71. The number of aryl methyl sites for hydroxylation is 2. The van der Waals surface area contributed by atoms with E-state index in [2.05, 4.69) is 24.4 Å². The highest BCUT2D eigenvalue weighted by Crippen LogP contribution is 2.31. The predicted octanol–water partition coefficient (Wildman–Crippen LogP) is 4.03. The Morgan fingerprint density at radius 1 is 1.03 bits per heavy atom. The molecule has 0 radical (unpaired) electrons. The number of carbonyl (C=O) groups excluding carboxylic acids is 3. The van der Waals surface area contributed by atoms with E-state index in [1.165, 1.54) is 10.5 Å². The molecule has 150 valence electrons. The Kier molecular flexibility index (Phi) is 7.25. The quantitative estimate of drug-likeness (QED) is 0.670. The molecule has 29 heavy (non-hydrogen) atoms. The number of nitrogens with one attached hydrogen (secondary N) is 1. The molecule has 0 unspecified atom stereocenters. The van der Waals surface area contributed by atoms with Crippen molar-refractivity contribution in [1.29, 1.82) is 0 Å². The highest BCUT2D eigenvalue weighted by atomic mass is 32.2. The third-order valence-corrected chi connectivity index (χ3v) is 5.61. The van der Waals surface area contributed by atoms with Crippen molar-refractivity contribution in [2.75, 3.05) is 13.1 Å². The molecule has 3 rings (SSSR count). The van der Waals surface area contributed by atoms with Crippen LogP contribution in [0.1, 0.15) is 30.0 Å². The van der Waals surface area contributed by atoms with Crippen molar-refractivity contribution in [1.82, 2.24) is 10.2 Å². The van der Waals surface area contributed by atoms with E-state index >= 15 is 0 Å². The van der Waals surface area contributed by atoms with E-state index in [1.807, 2.05) is 42.5 Å². The minimum absolute atomic E-state index is 0.0867. The van der Waals surface area contributed by atoms with Gasteiger partial charge in [-0.3, -0.25) is 19.3 Å². The van der Waals surface area contributed by atoms with Crippen molar-refractivity contribution in [2.45, 2.75) is 26.2 Å². The maximum absolute atomic E-state index is 12.5. The number of imide groups is 1. The normalized spacial score (nSPS) is 15.2. The summed E-state index contributed by atoms with van der Waals surface area (Å²) in [7, 11) is 0. The Morgan fingerprint density at radius 3 is 2.41 bits per heavy atom. The van der Waals surface area contributed by atoms with Crippen LogP contribution in [-0.2, 0) is 22.4 Å². The molecule has 0 aromatic heterocycles. The Bertz CT molecular complexity index is 907. The number of rotatable bonds is 8. The fraction of sp³-hybridized carbons (Fsp3) is 0.261. The van der Waals surface area contributed by atoms with Gasteiger partial charge in [0.1, 0.15) is 0 Å². The first-order chi connectivity index (χ1) is 14.1. The molecule has 1 N–H and O–H groups in total. The average molecular weight is 409 g/mol. The number of hydrogen-bond acceptors (Lipinski definition) is 4. The molecule has 1 aliphatic rings. The summed E-state index contributed by atoms with van der Waals surface area (Å²) < 4.78 is 0. The molecular formula is C23H24N2O3S. The molecule has 3 amide bonds. The van der Waals surface area contributed by atoms with Gasteiger partial charge in [0.15, 0.2) is 0 Å². The van der Waals surface area contributed by atoms with Gasteiger partial charge in [0.25, 0.3) is 11.1 Å². The topological polar surface area (TPSA) is 66.5 Å². The molecular weight excluding hydrogens is 384 g/mol. The van der Waals surface area contributed by atoms with Crippen LogP contribution in [0.5, 0.6) is 0 Å². The van der Waals surface area contributed by atoms with Crippen LogP contribution < -0.4 is 5.32 Å². The molecule has 1 saturated heterocycles. The highest BCUT2D eigenvalue weighted by Gasteiger charge is 2.34. The molecule has 1 fully saturated rings. The zero-order valence-electron chi connectivity index (χ0n) is 16.4. The van der Waals surface area contributed by atoms with Crippen LogP contribution in [0.15, 0.2) is 59.5 Å². The van der Waals surface area contributed by atoms with Gasteiger partial charge >= 0.3 is 0 Å². The molecule has 1 aliphatic heterocycles. The highest BCUT2D eigenvalue weighted by molar-refractivity contribution is 8.18. The van der Waals surface area contributed by atoms with E-state index in [0.29, 0.717) is 17.7 Å². The van der Waals surface area contributed by atoms with Crippen molar-refractivity contribution < 1.29 is 14.4 Å². The maximum Gasteiger partial charge on any atom is 0.293 e. The van der Waals surface area contributed by atoms with E-state index in [1.54, 1.807) is 6.08 Å². The lowest BCUT2D eigenvalue weighted by molar-refractivity contribution is -0.124. The molecule has 0 atom stereocenters. The largest absolute Gasteiger partial charge is 0.354 e. The number of nitrogens with zero attached hydrogens (tertiary/aromatic N) is 1. The summed E-state index contributed by atoms with van der Waals surface area (Å²) in [6.45, 7) is 2.54. The summed E-state index contributed by atoms with van der Waals surface area (Å²) in [5.41, 5.74) is 3.27. The zero-order chi connectivity index (χ0) is 20.6. The van der Waals surface area contributed by atoms with Crippen LogP contribution in [0.2, 0.25) is 0 Å². The fourth-order valence-electron chi connectivity index (χ4n) is 2.99. The molecule has 1 heterocycles. The lowest BCUT2D eigenvalue weighted by Gasteiger charge is -2.13. The van der Waals surface area contributed by atoms with Crippen molar-refractivity contribution >= 4 is 34.9 Å². The van der Waals surface area contributed by atoms with Gasteiger partial charge in [0, 0.05) is 19.5 Å². The van der Waals surface area contributed by atoms with Gasteiger partial charge in [-0.1, -0.05) is 61.5 Å². The second-order valence-corrected chi connectivity index (χ2v) is 7.76. The summed E-state index contributed by atoms with van der Waals surface area (Å²) in [5, 5.41) is 2.49. The minimum atomic E-state index is -0.311. The van der Waals surface area contributed by atoms with E-state index in [0.717, 1.165) is 29.3 Å². The smallest absolute Gasteiger partial charge is 0.293 e. The first-order valence-corrected chi connectivity index (χ1v) is 10.5. The Balaban J connectivity index is 1.44. The van der Waals surface area contributed by atoms with Crippen LogP contribution >= 0.6 is 11.8 Å². The lowest BCUT2D eigenvalue weighted by Crippen LogP contribution is -2.37. The number of amides is 3. The van der Waals surface area contributed by atoms with Crippen molar-refractivity contribution in [2.24, 2.45) is 0 Å². The van der Waals surface area contributed by atoms with E-state index < -0.39 is 0 Å². The van der Waals surface area contributed by atoms with Crippen molar-refractivity contribution in [3.63, 3.8) is 0 Å². The summed E-state index contributed by atoms with van der Waals surface area (Å²) in [4.78, 5) is 38.3. The zero-order valence-corrected chi connectivity index (χ0v) is 17.2. The molecule has 2 aromatic rings. The van der Waals surface area contributed by atoms with Crippen LogP contribution in [-0.4, -0.2) is 35.0 Å². The summed E-state index contributed by atoms with van der Waals surface area (Å²) in [6.07, 6.45) is 3.75. The van der Waals surface area contributed by atoms with Crippen LogP contribution in [0.3, 0.4) is 0 Å². The van der Waals surface area contributed by atoms with E-state index in [-0.39, 0.29) is 30.1 Å². The molecule has 5 nitrogen and oxygen atoms in total. The van der Waals surface area contributed by atoms with Crippen LogP contribution in [0.25, 0.3) is 6.08 Å². The van der Waals surface area contributed by atoms with Crippen molar-refractivity contribution in [3.8, 4) is 0 Å². The first kappa shape index (κ1) is 20.9. The summed E-state index contributed by atoms with van der Waals surface area (Å²) >= 11 is 0.932. The number of benzene rings is 2. The minimum Gasteiger partial charge on any atom is -0.354 e. The van der Waals surface area contributed by atoms with Gasteiger partial charge < -0.3 is 5.32 Å². The Hall–Kier alpha value is -2.86. The molecule has 2 aromatic carbocycles. The molecule has 0 saturated carbocycles. The number of carbonyl (C=O) groups is 3. The average Bonchev–Trinajstić information content (AvgIpc) is 3.00. The van der Waals surface area contributed by atoms with Gasteiger partial charge in [-0.15, -0.1) is 0 Å². The van der Waals surface area contributed by atoms with Crippen LogP contribution in [0.4, 0.5) is 4.79 Å². The third-order valence-electron chi connectivity index (χ3n) is 4.70. The third kappa shape index (κ3) is 5.81. The van der Waals surface area contributed by atoms with Gasteiger partial charge in [-0.05, 0) is 47.4 Å². The fourth-order valence-corrected chi connectivity index (χ4v) is 3.85. The van der Waals surface area contributed by atoms with Crippen molar-refractivity contribution in [3.05, 3.63) is 76.2 Å². The monoisotopic (exact) mass is 408 g/mol. The SMILES string of the molecule is CCc1ccc(CCC(=O)NCCN2C(=O)S/C(=C\c3ccccc3)C2=O)cc1. The lowest BCUT2D eigenvalue weighted by atomic mass is 10.1. The molecule has 0 aliphatic carbocycles. The number of hydrogen-bond donors (Lipinski definition) is 1. The Morgan fingerprint density at radius 2 is 1.72 bits per heavy atom. The van der Waals surface area contributed by atoms with Gasteiger partial charge in [0.2, 0.25) is 5.91 Å². The second kappa shape index (κ2) is 10.1. The van der Waals surface area contributed by atoms with Gasteiger partial charge in [-0.25, -0.2) is 0 Å². The Labute approximate surface area is 175 Å². The summed E-state index contributed by atoms with van der Waals surface area (Å²) in [6, 6.07) is 17.7. The molecule has 6 heteroatoms. The standard InChI is InChI=1S/C23H24N2O3S/c1-2-17-8-10-18(11-9-17)12-13-21(26)24-14-15-25-22(27)20(29-23(25)28)16-19-6-4-3-5-7-19/h3-11,16H,2,12-15H2,1H3,(H,24,26)/b20-16-. The molecule has 0 spiro atoms. The van der Waals surface area contributed by atoms with E-state index in [9.17, 15) is 14.4 Å². The second-order valence-electron chi connectivity index (χ2n) is 6.76. The van der Waals surface area contributed by atoms with Crippen LogP contribution in [0, 0.1) is 0 Å². The van der Waals surface area contributed by atoms with E-state index in [4.69, 9.17) is 0 Å². The van der Waals surface area contributed by atoms with Gasteiger partial charge in [-0.2, -0.15) is 0 Å². The predicted molar refractivity (Wildman–Crippen MR) is 116 cm³/mol. The molecule has 0 bridgehead atoms. The number of thioether (sulfide) groups is 1. The van der Waals surface area contributed by atoms with Gasteiger partial charge in [0.05, 0.1) is 4.91 Å². The summed E-state index contributed by atoms with van der Waals surface area (Å²) in [5.74, 6) is -0.398. The maximum atomic E-state index is 12.5.